The molecule has 1 aromatic heterocycles. The van der Waals surface area contributed by atoms with Gasteiger partial charge in [-0.2, -0.15) is 0 Å². The molecule has 0 saturated heterocycles. The Kier molecular flexibility index (Phi) is 7.66. The molecule has 1 heterocycles. The van der Waals surface area contributed by atoms with Crippen LogP contribution in [-0.4, -0.2) is 49.5 Å². The molecule has 0 radical (unpaired) electrons. The zero-order chi connectivity index (χ0) is 18.4. The molecular formula is C16H30N4O2S2. The molecule has 2 N–H and O–H groups in total. The highest BCUT2D eigenvalue weighted by Gasteiger charge is 2.28. The van der Waals surface area contributed by atoms with E-state index >= 15 is 0 Å². The summed E-state index contributed by atoms with van der Waals surface area (Å²) in [6.45, 7) is 12.9. The Hall–Kier alpha value is -1.15. The molecular weight excluding hydrogens is 344 g/mol. The molecule has 1 rings (SSSR count). The quantitative estimate of drug-likeness (QED) is 0.564. The van der Waals surface area contributed by atoms with Crippen LogP contribution in [0.1, 0.15) is 43.3 Å². The summed E-state index contributed by atoms with van der Waals surface area (Å²) in [6.07, 6.45) is 0.823. The number of aromatic nitrogens is 1. The van der Waals surface area contributed by atoms with Crippen molar-refractivity contribution in [2.24, 2.45) is 4.99 Å². The predicted molar refractivity (Wildman–Crippen MR) is 103 cm³/mol. The Labute approximate surface area is 150 Å². The zero-order valence-electron chi connectivity index (χ0n) is 15.6. The van der Waals surface area contributed by atoms with Crippen LogP contribution in [0.15, 0.2) is 4.99 Å². The number of aliphatic imine (C=N–C) groups is 1. The number of guanidine groups is 1. The van der Waals surface area contributed by atoms with Gasteiger partial charge in [-0.25, -0.2) is 13.4 Å². The first kappa shape index (κ1) is 20.9. The van der Waals surface area contributed by atoms with Gasteiger partial charge in [0.15, 0.2) is 15.8 Å². The van der Waals surface area contributed by atoms with E-state index in [1.807, 2.05) is 13.8 Å². The molecule has 138 valence electrons. The van der Waals surface area contributed by atoms with Crippen molar-refractivity contribution in [3.63, 3.8) is 0 Å². The summed E-state index contributed by atoms with van der Waals surface area (Å²) in [6, 6.07) is 0. The number of aryl methyl sites for hydroxylation is 2. The summed E-state index contributed by atoms with van der Waals surface area (Å²) >= 11 is 1.71. The topological polar surface area (TPSA) is 83.5 Å². The van der Waals surface area contributed by atoms with E-state index in [4.69, 9.17) is 0 Å². The summed E-state index contributed by atoms with van der Waals surface area (Å²) in [5, 5.41) is 7.47. The number of rotatable bonds is 7. The minimum atomic E-state index is -3.14. The molecule has 0 aromatic carbocycles. The lowest BCUT2D eigenvalue weighted by atomic mass is 10.3. The van der Waals surface area contributed by atoms with Crippen LogP contribution in [0.4, 0.5) is 0 Å². The second kappa shape index (κ2) is 8.80. The fraction of sp³-hybridized carbons (Fsp3) is 0.750. The van der Waals surface area contributed by atoms with Crippen molar-refractivity contribution in [1.29, 1.82) is 0 Å². The van der Waals surface area contributed by atoms with Crippen molar-refractivity contribution in [2.75, 3.05) is 25.4 Å². The number of hydrogen-bond donors (Lipinski definition) is 2. The van der Waals surface area contributed by atoms with Gasteiger partial charge in [-0.1, -0.05) is 0 Å². The van der Waals surface area contributed by atoms with E-state index in [0.29, 0.717) is 12.5 Å². The van der Waals surface area contributed by atoms with Crippen LogP contribution in [0, 0.1) is 13.8 Å². The van der Waals surface area contributed by atoms with Crippen molar-refractivity contribution in [1.82, 2.24) is 15.6 Å². The van der Waals surface area contributed by atoms with Gasteiger partial charge in [0.2, 0.25) is 0 Å². The van der Waals surface area contributed by atoms with Gasteiger partial charge >= 0.3 is 0 Å². The summed E-state index contributed by atoms with van der Waals surface area (Å²) in [5.41, 5.74) is 1.09. The first-order chi connectivity index (χ1) is 11.1. The lowest BCUT2D eigenvalue weighted by molar-refractivity contribution is 0.560. The van der Waals surface area contributed by atoms with Crippen molar-refractivity contribution in [3.8, 4) is 0 Å². The average molecular weight is 375 g/mol. The molecule has 0 bridgehead atoms. The van der Waals surface area contributed by atoms with Crippen LogP contribution >= 0.6 is 11.3 Å². The summed E-state index contributed by atoms with van der Waals surface area (Å²) in [5.74, 6) is 0.699. The van der Waals surface area contributed by atoms with Crippen molar-refractivity contribution >= 4 is 27.1 Å². The normalized spacial score (nSPS) is 13.2. The number of nitrogens with one attached hydrogen (secondary N) is 2. The fourth-order valence-electron chi connectivity index (χ4n) is 1.86. The summed E-state index contributed by atoms with van der Waals surface area (Å²) in [7, 11) is -3.14. The molecule has 0 unspecified atom stereocenters. The molecule has 8 heteroatoms. The molecule has 0 aliphatic carbocycles. The van der Waals surface area contributed by atoms with Gasteiger partial charge in [-0.3, -0.25) is 4.99 Å². The number of nitrogens with zero attached hydrogens (tertiary/aromatic N) is 2. The Morgan fingerprint density at radius 1 is 1.25 bits per heavy atom. The van der Waals surface area contributed by atoms with Crippen molar-refractivity contribution in [2.45, 2.75) is 52.7 Å². The third kappa shape index (κ3) is 6.39. The molecule has 0 fully saturated rings. The summed E-state index contributed by atoms with van der Waals surface area (Å²) in [4.78, 5) is 10.1. The third-order valence-electron chi connectivity index (χ3n) is 3.61. The van der Waals surface area contributed by atoms with Crippen molar-refractivity contribution < 1.29 is 8.42 Å². The minimum Gasteiger partial charge on any atom is -0.357 e. The van der Waals surface area contributed by atoms with Gasteiger partial charge in [0, 0.05) is 24.4 Å². The predicted octanol–water partition coefficient (Wildman–Crippen LogP) is 2.07. The van der Waals surface area contributed by atoms with E-state index in [-0.39, 0.29) is 12.3 Å². The molecule has 0 saturated carbocycles. The highest BCUT2D eigenvalue weighted by atomic mass is 32.2. The van der Waals surface area contributed by atoms with Crippen LogP contribution < -0.4 is 10.6 Å². The molecule has 1 aromatic rings. The lowest BCUT2D eigenvalue weighted by Gasteiger charge is -2.18. The van der Waals surface area contributed by atoms with E-state index in [2.05, 4.69) is 27.5 Å². The van der Waals surface area contributed by atoms with Crippen LogP contribution in [0.25, 0.3) is 0 Å². The third-order valence-corrected chi connectivity index (χ3v) is 7.33. The maximum absolute atomic E-state index is 12.1. The molecule has 0 spiro atoms. The number of thiazole rings is 1. The Morgan fingerprint density at radius 2 is 1.92 bits per heavy atom. The number of sulfone groups is 1. The van der Waals surface area contributed by atoms with E-state index in [1.165, 1.54) is 4.88 Å². The Bertz CT molecular complexity index is 639. The van der Waals surface area contributed by atoms with Crippen molar-refractivity contribution in [3.05, 3.63) is 15.6 Å². The SMILES string of the molecule is CCNC(=NCCS(=O)(=O)C(C)(C)C)NCCc1nc(C)c(C)s1. The monoisotopic (exact) mass is 374 g/mol. The maximum Gasteiger partial charge on any atom is 0.191 e. The molecule has 24 heavy (non-hydrogen) atoms. The standard InChI is InChI=1S/C16H30N4O2S2/c1-7-17-15(19-10-11-24(21,22)16(4,5)6)18-9-8-14-20-12(2)13(3)23-14/h7-11H2,1-6H3,(H2,17,18,19). The molecule has 0 amide bonds. The second-order valence-corrected chi connectivity index (χ2v) is 10.8. The maximum atomic E-state index is 12.1. The Morgan fingerprint density at radius 3 is 2.42 bits per heavy atom. The van der Waals surface area contributed by atoms with Gasteiger partial charge in [0.25, 0.3) is 0 Å². The Balaban J connectivity index is 2.54. The molecule has 0 aliphatic rings. The van der Waals surface area contributed by atoms with Crippen LogP contribution in [0.5, 0.6) is 0 Å². The minimum absolute atomic E-state index is 0.0535. The molecule has 0 aliphatic heterocycles. The van der Waals surface area contributed by atoms with Gasteiger partial charge in [-0.15, -0.1) is 11.3 Å². The molecule has 0 atom stereocenters. The highest BCUT2D eigenvalue weighted by Crippen LogP contribution is 2.16. The molecule has 6 nitrogen and oxygen atoms in total. The first-order valence-electron chi connectivity index (χ1n) is 8.24. The number of hydrogen-bond acceptors (Lipinski definition) is 5. The first-order valence-corrected chi connectivity index (χ1v) is 10.7. The fourth-order valence-corrected chi connectivity index (χ4v) is 3.74. The highest BCUT2D eigenvalue weighted by molar-refractivity contribution is 7.92. The van der Waals surface area contributed by atoms with E-state index in [1.54, 1.807) is 32.1 Å². The van der Waals surface area contributed by atoms with Gasteiger partial charge in [0.1, 0.15) is 0 Å². The summed E-state index contributed by atoms with van der Waals surface area (Å²) < 4.78 is 23.5. The smallest absolute Gasteiger partial charge is 0.191 e. The van der Waals surface area contributed by atoms with E-state index in [9.17, 15) is 8.42 Å². The average Bonchev–Trinajstić information content (AvgIpc) is 2.76. The largest absolute Gasteiger partial charge is 0.357 e. The van der Waals surface area contributed by atoms with Gasteiger partial charge in [0.05, 0.1) is 27.7 Å². The second-order valence-electron chi connectivity index (χ2n) is 6.62. The lowest BCUT2D eigenvalue weighted by Crippen LogP contribution is -2.39. The van der Waals surface area contributed by atoms with Crippen LogP contribution in [0.3, 0.4) is 0 Å². The van der Waals surface area contributed by atoms with E-state index < -0.39 is 14.6 Å². The van der Waals surface area contributed by atoms with Crippen LogP contribution in [-0.2, 0) is 16.3 Å². The van der Waals surface area contributed by atoms with Gasteiger partial charge in [-0.05, 0) is 41.5 Å². The van der Waals surface area contributed by atoms with Gasteiger partial charge < -0.3 is 10.6 Å². The zero-order valence-corrected chi connectivity index (χ0v) is 17.2. The van der Waals surface area contributed by atoms with Crippen LogP contribution in [0.2, 0.25) is 0 Å². The van der Waals surface area contributed by atoms with E-state index in [0.717, 1.165) is 23.7 Å².